The molecule has 172 valence electrons. The molecule has 0 fully saturated rings. The highest BCUT2D eigenvalue weighted by Crippen LogP contribution is 2.23. The number of nitrogens with two attached hydrogens (primary N) is 1. The van der Waals surface area contributed by atoms with Gasteiger partial charge in [-0.3, -0.25) is 0 Å². The van der Waals surface area contributed by atoms with Gasteiger partial charge in [-0.05, 0) is 85.0 Å². The van der Waals surface area contributed by atoms with E-state index in [0.29, 0.717) is 16.3 Å². The van der Waals surface area contributed by atoms with Crippen molar-refractivity contribution < 1.29 is 16.8 Å². The summed E-state index contributed by atoms with van der Waals surface area (Å²) in [7, 11) is -6.87. The maximum atomic E-state index is 12.2. The largest absolute Gasteiger partial charge is 0.399 e. The van der Waals surface area contributed by atoms with Gasteiger partial charge in [-0.25, -0.2) is 16.8 Å². The first-order chi connectivity index (χ1) is 16.2. The van der Waals surface area contributed by atoms with Crippen LogP contribution in [0.2, 0.25) is 0 Å². The van der Waals surface area contributed by atoms with Gasteiger partial charge in [0.05, 0.1) is 30.4 Å². The maximum Gasteiger partial charge on any atom is 0.206 e. The lowest BCUT2D eigenvalue weighted by atomic mass is 10.3. The minimum atomic E-state index is -3.46. The number of hydrogen-bond donors (Lipinski definition) is 1. The summed E-state index contributed by atoms with van der Waals surface area (Å²) in [5, 5.41) is 2.23. The van der Waals surface area contributed by atoms with Crippen LogP contribution < -0.4 is 5.73 Å². The predicted octanol–water partition coefficient (Wildman–Crippen LogP) is 5.36. The second-order valence-electron chi connectivity index (χ2n) is 6.90. The summed E-state index contributed by atoms with van der Waals surface area (Å²) < 4.78 is 48.7. The van der Waals surface area contributed by atoms with Gasteiger partial charge in [0.2, 0.25) is 19.7 Å². The standard InChI is InChI=1S/C13H9NO2S2.C12H11NO2S/c15-18(16,12-4-2-1-3-5-12)13-8-6-11(7-9-13)14-10-17;13-10-6-8-12(9-7-10)16(14,15)11-4-2-1-3-5-11/h1-9H;1-9H,13H2. The van der Waals surface area contributed by atoms with E-state index in [2.05, 4.69) is 22.4 Å². The SMILES string of the molecule is Nc1ccc(S(=O)(=O)c2ccccc2)cc1.O=S(=O)(c1ccccc1)c1ccc(N=C=S)cc1. The molecule has 0 spiro atoms. The van der Waals surface area contributed by atoms with Crippen LogP contribution in [0.4, 0.5) is 11.4 Å². The lowest BCUT2D eigenvalue weighted by Crippen LogP contribution is -2.01. The van der Waals surface area contributed by atoms with E-state index in [0.717, 1.165) is 0 Å². The molecule has 0 saturated heterocycles. The molecule has 0 aliphatic heterocycles. The van der Waals surface area contributed by atoms with Crippen molar-refractivity contribution in [2.75, 3.05) is 5.73 Å². The summed E-state index contributed by atoms with van der Waals surface area (Å²) >= 11 is 4.48. The number of anilines is 1. The smallest absolute Gasteiger partial charge is 0.206 e. The van der Waals surface area contributed by atoms with E-state index in [1.165, 1.54) is 24.3 Å². The number of rotatable bonds is 5. The van der Waals surface area contributed by atoms with Crippen LogP contribution in [0.5, 0.6) is 0 Å². The van der Waals surface area contributed by atoms with E-state index < -0.39 is 19.7 Å². The monoisotopic (exact) mass is 508 g/mol. The normalized spacial score (nSPS) is 10.9. The third-order valence-electron chi connectivity index (χ3n) is 4.62. The van der Waals surface area contributed by atoms with Crippen LogP contribution in [0.3, 0.4) is 0 Å². The first-order valence-electron chi connectivity index (χ1n) is 9.89. The number of nitrogens with zero attached hydrogens (tertiary/aromatic N) is 1. The van der Waals surface area contributed by atoms with Gasteiger partial charge in [-0.2, -0.15) is 4.99 Å². The molecule has 0 aromatic heterocycles. The average Bonchev–Trinajstić information content (AvgIpc) is 2.86. The Morgan fingerprint density at radius 1 is 0.559 bits per heavy atom. The number of nitrogen functional groups attached to an aromatic ring is 1. The van der Waals surface area contributed by atoms with E-state index in [-0.39, 0.29) is 14.7 Å². The Balaban J connectivity index is 0.000000192. The minimum absolute atomic E-state index is 0.233. The summed E-state index contributed by atoms with van der Waals surface area (Å²) in [5.41, 5.74) is 6.64. The van der Waals surface area contributed by atoms with Crippen molar-refractivity contribution in [3.05, 3.63) is 109 Å². The quantitative estimate of drug-likeness (QED) is 0.221. The number of sulfone groups is 2. The molecule has 0 heterocycles. The number of benzene rings is 4. The molecule has 4 rings (SSSR count). The highest BCUT2D eigenvalue weighted by Gasteiger charge is 2.17. The van der Waals surface area contributed by atoms with Gasteiger partial charge >= 0.3 is 0 Å². The zero-order chi connectivity index (χ0) is 24.6. The van der Waals surface area contributed by atoms with Crippen LogP contribution in [-0.2, 0) is 19.7 Å². The maximum absolute atomic E-state index is 12.2. The second-order valence-corrected chi connectivity index (χ2v) is 11.0. The zero-order valence-electron chi connectivity index (χ0n) is 17.8. The van der Waals surface area contributed by atoms with Gasteiger partial charge in [-0.15, -0.1) is 0 Å². The molecule has 4 aromatic carbocycles. The van der Waals surface area contributed by atoms with Crippen molar-refractivity contribution in [2.24, 2.45) is 4.99 Å². The molecule has 0 amide bonds. The second kappa shape index (κ2) is 11.0. The van der Waals surface area contributed by atoms with Gasteiger partial charge in [0.1, 0.15) is 0 Å². The molecule has 9 heteroatoms. The van der Waals surface area contributed by atoms with Crippen LogP contribution >= 0.6 is 12.2 Å². The third kappa shape index (κ3) is 6.03. The van der Waals surface area contributed by atoms with Gasteiger partial charge < -0.3 is 5.73 Å². The molecular formula is C25H20N2O4S3. The van der Waals surface area contributed by atoms with E-state index in [1.54, 1.807) is 84.9 Å². The van der Waals surface area contributed by atoms with Crippen LogP contribution in [-0.4, -0.2) is 22.0 Å². The number of aliphatic imine (C=N–C) groups is 1. The molecule has 2 N–H and O–H groups in total. The number of thiocarbonyl (C=S) groups is 1. The molecule has 6 nitrogen and oxygen atoms in total. The zero-order valence-corrected chi connectivity index (χ0v) is 20.2. The molecule has 0 unspecified atom stereocenters. The van der Waals surface area contributed by atoms with Crippen molar-refractivity contribution in [3.63, 3.8) is 0 Å². The fourth-order valence-corrected chi connectivity index (χ4v) is 5.54. The summed E-state index contributed by atoms with van der Waals surface area (Å²) in [4.78, 5) is 4.83. The molecule has 0 radical (unpaired) electrons. The molecule has 4 aromatic rings. The van der Waals surface area contributed by atoms with Crippen molar-refractivity contribution in [1.29, 1.82) is 0 Å². The van der Waals surface area contributed by atoms with Gasteiger partial charge in [0, 0.05) is 5.69 Å². The first-order valence-corrected chi connectivity index (χ1v) is 13.3. The summed E-state index contributed by atoms with van der Waals surface area (Å²) in [6.07, 6.45) is 0. The predicted molar refractivity (Wildman–Crippen MR) is 136 cm³/mol. The van der Waals surface area contributed by atoms with E-state index in [1.807, 2.05) is 0 Å². The molecule has 0 atom stereocenters. The highest BCUT2D eigenvalue weighted by atomic mass is 32.2. The fraction of sp³-hybridized carbons (Fsp3) is 0. The van der Waals surface area contributed by atoms with Gasteiger partial charge in [0.15, 0.2) is 0 Å². The molecule has 0 saturated carbocycles. The molecule has 0 aliphatic rings. The Morgan fingerprint density at radius 2 is 0.912 bits per heavy atom. The van der Waals surface area contributed by atoms with Crippen molar-refractivity contribution in [1.82, 2.24) is 0 Å². The van der Waals surface area contributed by atoms with Gasteiger partial charge in [-0.1, -0.05) is 36.4 Å². The lowest BCUT2D eigenvalue weighted by molar-refractivity contribution is 0.594. The van der Waals surface area contributed by atoms with E-state index >= 15 is 0 Å². The topological polar surface area (TPSA) is 107 Å². The Morgan fingerprint density at radius 3 is 1.29 bits per heavy atom. The minimum Gasteiger partial charge on any atom is -0.399 e. The molecule has 0 aliphatic carbocycles. The Kier molecular flexibility index (Phi) is 8.09. The average molecular weight is 509 g/mol. The Hall–Kier alpha value is -3.62. The number of isothiocyanates is 1. The third-order valence-corrected chi connectivity index (χ3v) is 8.28. The summed E-state index contributed by atoms with van der Waals surface area (Å²) in [6.45, 7) is 0. The summed E-state index contributed by atoms with van der Waals surface area (Å²) in [6, 6.07) is 29.0. The highest BCUT2D eigenvalue weighted by molar-refractivity contribution is 7.91. The van der Waals surface area contributed by atoms with Crippen LogP contribution in [0.25, 0.3) is 0 Å². The van der Waals surface area contributed by atoms with Crippen LogP contribution in [0.15, 0.2) is 134 Å². The van der Waals surface area contributed by atoms with E-state index in [9.17, 15) is 16.8 Å². The Bertz CT molecular complexity index is 1500. The molecule has 0 bridgehead atoms. The van der Waals surface area contributed by atoms with E-state index in [4.69, 9.17) is 5.73 Å². The van der Waals surface area contributed by atoms with Crippen molar-refractivity contribution in [3.8, 4) is 0 Å². The van der Waals surface area contributed by atoms with Crippen LogP contribution in [0, 0.1) is 0 Å². The van der Waals surface area contributed by atoms with Gasteiger partial charge in [0.25, 0.3) is 0 Å². The first kappa shape index (κ1) is 25.0. The molecular weight excluding hydrogens is 488 g/mol. The molecule has 34 heavy (non-hydrogen) atoms. The lowest BCUT2D eigenvalue weighted by Gasteiger charge is -2.04. The Labute approximate surface area is 204 Å². The fourth-order valence-electron chi connectivity index (χ4n) is 2.87. The van der Waals surface area contributed by atoms with Crippen LogP contribution in [0.1, 0.15) is 0 Å². The van der Waals surface area contributed by atoms with Crippen molar-refractivity contribution in [2.45, 2.75) is 19.6 Å². The number of hydrogen-bond acceptors (Lipinski definition) is 7. The van der Waals surface area contributed by atoms with Crippen molar-refractivity contribution >= 4 is 48.4 Å². The summed E-state index contributed by atoms with van der Waals surface area (Å²) in [5.74, 6) is 0.